The Kier molecular flexibility index (Phi) is 3.53. The summed E-state index contributed by atoms with van der Waals surface area (Å²) in [6, 6.07) is 3.76. The fraction of sp³-hybridized carbons (Fsp3) is 0.364. The van der Waals surface area contributed by atoms with Crippen LogP contribution in [0.15, 0.2) is 24.3 Å². The van der Waals surface area contributed by atoms with Crippen LogP contribution >= 0.6 is 0 Å². The molecule has 1 unspecified atom stereocenters. The summed E-state index contributed by atoms with van der Waals surface area (Å²) in [5.74, 6) is -0.751. The quantitative estimate of drug-likeness (QED) is 0.766. The summed E-state index contributed by atoms with van der Waals surface area (Å²) in [6.07, 6.45) is -5.23. The Labute approximate surface area is 100 Å². The van der Waals surface area contributed by atoms with Gasteiger partial charge in [0.25, 0.3) is 0 Å². The van der Waals surface area contributed by atoms with E-state index in [0.717, 1.165) is 24.3 Å². The highest BCUT2D eigenvalue weighted by Gasteiger charge is 2.30. The molecule has 0 aliphatic carbocycles. The topological polar surface area (TPSA) is 44.8 Å². The first-order chi connectivity index (χ1) is 8.47. The molecule has 0 amide bonds. The van der Waals surface area contributed by atoms with Crippen molar-refractivity contribution >= 4 is 5.97 Å². The minimum Gasteiger partial charge on any atom is -0.429 e. The van der Waals surface area contributed by atoms with E-state index in [4.69, 9.17) is 14.2 Å². The molecule has 0 aromatic heterocycles. The van der Waals surface area contributed by atoms with E-state index in [-0.39, 0.29) is 19.0 Å². The fourth-order valence-electron chi connectivity index (χ4n) is 1.37. The number of esters is 1. The lowest BCUT2D eigenvalue weighted by Gasteiger charge is -2.10. The molecule has 0 spiro atoms. The lowest BCUT2D eigenvalue weighted by molar-refractivity contribution is -0.137. The Balaban J connectivity index is 2.02. The van der Waals surface area contributed by atoms with E-state index >= 15 is 0 Å². The normalized spacial score (nSPS) is 19.8. The van der Waals surface area contributed by atoms with Crippen molar-refractivity contribution in [1.29, 1.82) is 0 Å². The summed E-state index contributed by atoms with van der Waals surface area (Å²) in [5.41, 5.74) is -0.794. The van der Waals surface area contributed by atoms with Crippen LogP contribution in [0.4, 0.5) is 13.2 Å². The Morgan fingerprint density at radius 3 is 2.44 bits per heavy atom. The predicted molar refractivity (Wildman–Crippen MR) is 52.6 cm³/mol. The first-order valence-corrected chi connectivity index (χ1v) is 5.04. The molecule has 0 bridgehead atoms. The number of rotatable bonds is 2. The number of hydrogen-bond acceptors (Lipinski definition) is 4. The molecule has 1 aliphatic heterocycles. The van der Waals surface area contributed by atoms with Gasteiger partial charge >= 0.3 is 12.1 Å². The van der Waals surface area contributed by atoms with Gasteiger partial charge in [0, 0.05) is 0 Å². The van der Waals surface area contributed by atoms with E-state index in [1.165, 1.54) is 0 Å². The molecule has 4 nitrogen and oxygen atoms in total. The van der Waals surface area contributed by atoms with Gasteiger partial charge in [-0.25, -0.2) is 4.79 Å². The van der Waals surface area contributed by atoms with Gasteiger partial charge in [0.05, 0.1) is 11.1 Å². The zero-order valence-electron chi connectivity index (χ0n) is 9.07. The third-order valence-corrected chi connectivity index (χ3v) is 2.28. The molecule has 7 heteroatoms. The lowest BCUT2D eigenvalue weighted by Crippen LogP contribution is -2.19. The third kappa shape index (κ3) is 2.99. The van der Waals surface area contributed by atoms with Gasteiger partial charge in [-0.1, -0.05) is 0 Å². The summed E-state index contributed by atoms with van der Waals surface area (Å²) < 4.78 is 51.4. The molecule has 1 aromatic carbocycles. The first kappa shape index (κ1) is 12.8. The van der Waals surface area contributed by atoms with Gasteiger partial charge in [-0.3, -0.25) is 0 Å². The Bertz CT molecular complexity index is 421. The maximum Gasteiger partial charge on any atom is 0.416 e. The van der Waals surface area contributed by atoms with Gasteiger partial charge in [0.1, 0.15) is 6.61 Å². The van der Waals surface area contributed by atoms with Crippen molar-refractivity contribution in [3.63, 3.8) is 0 Å². The van der Waals surface area contributed by atoms with E-state index in [0.29, 0.717) is 0 Å². The third-order valence-electron chi connectivity index (χ3n) is 2.28. The average molecular weight is 262 g/mol. The zero-order chi connectivity index (χ0) is 13.2. The smallest absolute Gasteiger partial charge is 0.416 e. The van der Waals surface area contributed by atoms with Crippen molar-refractivity contribution < 1.29 is 32.2 Å². The van der Waals surface area contributed by atoms with Crippen molar-refractivity contribution in [2.24, 2.45) is 0 Å². The molecule has 0 saturated carbocycles. The number of alkyl halides is 3. The summed E-state index contributed by atoms with van der Waals surface area (Å²) in [4.78, 5) is 11.5. The van der Waals surface area contributed by atoms with Crippen LogP contribution in [-0.2, 0) is 20.4 Å². The largest absolute Gasteiger partial charge is 0.429 e. The van der Waals surface area contributed by atoms with Gasteiger partial charge in [0.2, 0.25) is 6.29 Å². The van der Waals surface area contributed by atoms with Crippen LogP contribution < -0.4 is 0 Å². The highest BCUT2D eigenvalue weighted by Crippen LogP contribution is 2.29. The predicted octanol–water partition coefficient (Wildman–Crippen LogP) is 2.19. The summed E-state index contributed by atoms with van der Waals surface area (Å²) >= 11 is 0. The minimum atomic E-state index is -4.43. The average Bonchev–Trinajstić information content (AvgIpc) is 2.81. The molecule has 2 rings (SSSR count). The summed E-state index contributed by atoms with van der Waals surface area (Å²) in [5, 5.41) is 0. The fourth-order valence-corrected chi connectivity index (χ4v) is 1.37. The van der Waals surface area contributed by atoms with Crippen LogP contribution in [-0.4, -0.2) is 25.7 Å². The second kappa shape index (κ2) is 4.95. The minimum absolute atomic E-state index is 0.0264. The summed E-state index contributed by atoms with van der Waals surface area (Å²) in [6.45, 7) is 0.150. The number of hydrogen-bond donors (Lipinski definition) is 0. The monoisotopic (exact) mass is 262 g/mol. The van der Waals surface area contributed by atoms with E-state index in [1.54, 1.807) is 0 Å². The molecule has 1 aliphatic rings. The van der Waals surface area contributed by atoms with E-state index in [9.17, 15) is 18.0 Å². The van der Waals surface area contributed by atoms with E-state index in [1.807, 2.05) is 0 Å². The number of carbonyl (C=O) groups is 1. The van der Waals surface area contributed by atoms with Crippen molar-refractivity contribution in [2.75, 3.05) is 13.4 Å². The first-order valence-electron chi connectivity index (χ1n) is 5.04. The van der Waals surface area contributed by atoms with Gasteiger partial charge in [0.15, 0.2) is 6.79 Å². The molecule has 0 radical (unpaired) electrons. The summed E-state index contributed by atoms with van der Waals surface area (Å²) in [7, 11) is 0. The van der Waals surface area contributed by atoms with Crippen molar-refractivity contribution in [2.45, 2.75) is 12.5 Å². The highest BCUT2D eigenvalue weighted by atomic mass is 19.4. The molecule has 1 saturated heterocycles. The van der Waals surface area contributed by atoms with Crippen molar-refractivity contribution in [3.05, 3.63) is 35.4 Å². The van der Waals surface area contributed by atoms with E-state index in [2.05, 4.69) is 0 Å². The molecular weight excluding hydrogens is 253 g/mol. The van der Waals surface area contributed by atoms with Gasteiger partial charge in [-0.15, -0.1) is 0 Å². The number of halogens is 3. The number of ether oxygens (including phenoxy) is 3. The van der Waals surface area contributed by atoms with Crippen LogP contribution in [0, 0.1) is 0 Å². The van der Waals surface area contributed by atoms with Crippen LogP contribution in [0.2, 0.25) is 0 Å². The Morgan fingerprint density at radius 1 is 1.28 bits per heavy atom. The Morgan fingerprint density at radius 2 is 1.94 bits per heavy atom. The molecule has 1 aromatic rings. The Hall–Kier alpha value is -1.60. The SMILES string of the molecule is O=C(OC1COCO1)c1ccc(C(F)(F)F)cc1. The van der Waals surface area contributed by atoms with Crippen LogP contribution in [0.3, 0.4) is 0 Å². The standard InChI is InChI=1S/C11H9F3O4/c12-11(13,14)8-3-1-7(2-4-8)10(15)18-9-5-16-6-17-9/h1-4,9H,5-6H2. The lowest BCUT2D eigenvalue weighted by atomic mass is 10.1. The van der Waals surface area contributed by atoms with Crippen molar-refractivity contribution in [3.8, 4) is 0 Å². The molecule has 0 N–H and O–H groups in total. The highest BCUT2D eigenvalue weighted by molar-refractivity contribution is 5.89. The maximum atomic E-state index is 12.3. The van der Waals surface area contributed by atoms with Crippen LogP contribution in [0.1, 0.15) is 15.9 Å². The molecule has 1 fully saturated rings. The van der Waals surface area contributed by atoms with Gasteiger partial charge in [-0.2, -0.15) is 13.2 Å². The van der Waals surface area contributed by atoms with Crippen molar-refractivity contribution in [1.82, 2.24) is 0 Å². The van der Waals surface area contributed by atoms with Gasteiger partial charge < -0.3 is 14.2 Å². The van der Waals surface area contributed by atoms with Crippen LogP contribution in [0.25, 0.3) is 0 Å². The number of benzene rings is 1. The van der Waals surface area contributed by atoms with Crippen LogP contribution in [0.5, 0.6) is 0 Å². The molecule has 18 heavy (non-hydrogen) atoms. The molecular formula is C11H9F3O4. The number of carbonyl (C=O) groups excluding carboxylic acids is 1. The molecule has 98 valence electrons. The maximum absolute atomic E-state index is 12.3. The van der Waals surface area contributed by atoms with E-state index < -0.39 is 24.0 Å². The molecule has 1 heterocycles. The second-order valence-corrected chi connectivity index (χ2v) is 3.57. The second-order valence-electron chi connectivity index (χ2n) is 3.57. The van der Waals surface area contributed by atoms with Gasteiger partial charge in [-0.05, 0) is 24.3 Å². The molecule has 1 atom stereocenters. The zero-order valence-corrected chi connectivity index (χ0v) is 9.07.